The maximum Gasteiger partial charge on any atom is 0.231 e. The number of carbonyl (C=O) groups excluding carboxylic acids is 1. The van der Waals surface area contributed by atoms with Crippen LogP contribution in [-0.2, 0) is 4.79 Å². The number of anilines is 1. The van der Waals surface area contributed by atoms with Crippen LogP contribution >= 0.6 is 12.4 Å². The summed E-state index contributed by atoms with van der Waals surface area (Å²) in [7, 11) is 0. The van der Waals surface area contributed by atoms with Crippen molar-refractivity contribution >= 4 is 24.0 Å². The van der Waals surface area contributed by atoms with Gasteiger partial charge in [0.25, 0.3) is 0 Å². The van der Waals surface area contributed by atoms with Crippen molar-refractivity contribution in [1.29, 1.82) is 0 Å². The molecule has 5 heteroatoms. The van der Waals surface area contributed by atoms with Gasteiger partial charge in [0.15, 0.2) is 0 Å². The van der Waals surface area contributed by atoms with Gasteiger partial charge < -0.3 is 15.8 Å². The van der Waals surface area contributed by atoms with Gasteiger partial charge in [0, 0.05) is 18.3 Å². The summed E-state index contributed by atoms with van der Waals surface area (Å²) in [5.74, 6) is 0.758. The third-order valence-electron chi connectivity index (χ3n) is 3.79. The molecule has 3 N–H and O–H groups in total. The lowest BCUT2D eigenvalue weighted by molar-refractivity contribution is -0.125. The summed E-state index contributed by atoms with van der Waals surface area (Å²) in [6, 6.07) is 7.48. The second-order valence-corrected chi connectivity index (χ2v) is 5.02. The zero-order chi connectivity index (χ0) is 15.0. The lowest BCUT2D eigenvalue weighted by atomic mass is 9.81. The van der Waals surface area contributed by atoms with Crippen molar-refractivity contribution in [3.8, 4) is 5.75 Å². The summed E-state index contributed by atoms with van der Waals surface area (Å²) in [6.07, 6.45) is 2.42. The van der Waals surface area contributed by atoms with E-state index in [-0.39, 0.29) is 18.3 Å². The molecule has 0 spiro atoms. The summed E-state index contributed by atoms with van der Waals surface area (Å²) >= 11 is 0. The molecule has 0 aliphatic heterocycles. The Bertz CT molecular complexity index is 426. The molecule has 0 saturated carbocycles. The van der Waals surface area contributed by atoms with E-state index in [1.807, 2.05) is 38.1 Å². The second kappa shape index (κ2) is 9.64. The van der Waals surface area contributed by atoms with E-state index >= 15 is 0 Å². The van der Waals surface area contributed by atoms with Gasteiger partial charge in [0.2, 0.25) is 5.91 Å². The number of hydrogen-bond donors (Lipinski definition) is 2. The Kier molecular flexibility index (Phi) is 9.06. The van der Waals surface area contributed by atoms with Crippen LogP contribution in [0.15, 0.2) is 24.3 Å². The van der Waals surface area contributed by atoms with Gasteiger partial charge in [-0.1, -0.05) is 26.8 Å². The average molecular weight is 315 g/mol. The molecule has 0 heterocycles. The third-order valence-corrected chi connectivity index (χ3v) is 3.79. The molecular formula is C16H27ClN2O2. The lowest BCUT2D eigenvalue weighted by Gasteiger charge is -2.28. The van der Waals surface area contributed by atoms with Gasteiger partial charge >= 0.3 is 0 Å². The van der Waals surface area contributed by atoms with Crippen molar-refractivity contribution in [3.63, 3.8) is 0 Å². The van der Waals surface area contributed by atoms with E-state index in [0.29, 0.717) is 13.2 Å². The van der Waals surface area contributed by atoms with Gasteiger partial charge in [-0.2, -0.15) is 0 Å². The van der Waals surface area contributed by atoms with Crippen LogP contribution in [0, 0.1) is 5.41 Å². The Morgan fingerprint density at radius 1 is 1.29 bits per heavy atom. The van der Waals surface area contributed by atoms with Gasteiger partial charge in [-0.3, -0.25) is 4.79 Å². The Balaban J connectivity index is 0.00000400. The van der Waals surface area contributed by atoms with E-state index in [4.69, 9.17) is 10.5 Å². The van der Waals surface area contributed by atoms with Crippen molar-refractivity contribution in [2.24, 2.45) is 11.1 Å². The van der Waals surface area contributed by atoms with Gasteiger partial charge in [-0.25, -0.2) is 0 Å². The van der Waals surface area contributed by atoms with Gasteiger partial charge in [-0.05, 0) is 31.4 Å². The van der Waals surface area contributed by atoms with E-state index in [9.17, 15) is 4.79 Å². The SMILES string of the molecule is CCCOc1cccc(NC(=O)C(CC)(CC)CN)c1.Cl. The number of ether oxygens (including phenoxy) is 1. The predicted octanol–water partition coefficient (Wildman–Crippen LogP) is 3.60. The standard InChI is InChI=1S/C16H26N2O2.ClH/c1-4-10-20-14-9-7-8-13(11-14)18-15(19)16(5-2,6-3)12-17;/h7-9,11H,4-6,10,12,17H2,1-3H3,(H,18,19);1H. The summed E-state index contributed by atoms with van der Waals surface area (Å²) in [5, 5.41) is 2.95. The molecular weight excluding hydrogens is 288 g/mol. The quantitative estimate of drug-likeness (QED) is 0.770. The van der Waals surface area contributed by atoms with E-state index in [1.165, 1.54) is 0 Å². The highest BCUT2D eigenvalue weighted by molar-refractivity contribution is 5.95. The Morgan fingerprint density at radius 2 is 1.95 bits per heavy atom. The van der Waals surface area contributed by atoms with Gasteiger partial charge in [0.1, 0.15) is 5.75 Å². The zero-order valence-electron chi connectivity index (χ0n) is 13.1. The topological polar surface area (TPSA) is 64.3 Å². The first-order valence-corrected chi connectivity index (χ1v) is 7.36. The van der Waals surface area contributed by atoms with Crippen molar-refractivity contribution in [3.05, 3.63) is 24.3 Å². The number of benzene rings is 1. The van der Waals surface area contributed by atoms with Crippen LogP contribution in [0.2, 0.25) is 0 Å². The smallest absolute Gasteiger partial charge is 0.231 e. The molecule has 0 unspecified atom stereocenters. The molecule has 0 aromatic heterocycles. The molecule has 0 atom stereocenters. The Labute approximate surface area is 133 Å². The molecule has 1 amide bonds. The highest BCUT2D eigenvalue weighted by atomic mass is 35.5. The molecule has 1 rings (SSSR count). The minimum Gasteiger partial charge on any atom is -0.494 e. The normalized spacial score (nSPS) is 10.7. The summed E-state index contributed by atoms with van der Waals surface area (Å²) in [4.78, 5) is 12.4. The molecule has 0 saturated heterocycles. The van der Waals surface area contributed by atoms with E-state index in [1.54, 1.807) is 0 Å². The van der Waals surface area contributed by atoms with Crippen LogP contribution in [-0.4, -0.2) is 19.1 Å². The molecule has 0 fully saturated rings. The highest BCUT2D eigenvalue weighted by Gasteiger charge is 2.33. The molecule has 0 aliphatic carbocycles. The Hall–Kier alpha value is -1.26. The minimum absolute atomic E-state index is 0. The monoisotopic (exact) mass is 314 g/mol. The fourth-order valence-corrected chi connectivity index (χ4v) is 2.10. The van der Waals surface area contributed by atoms with Crippen LogP contribution in [0.4, 0.5) is 5.69 Å². The predicted molar refractivity (Wildman–Crippen MR) is 90.2 cm³/mol. The summed E-state index contributed by atoms with van der Waals surface area (Å²) in [5.41, 5.74) is 6.06. The number of hydrogen-bond acceptors (Lipinski definition) is 3. The molecule has 120 valence electrons. The first-order valence-electron chi connectivity index (χ1n) is 7.36. The zero-order valence-corrected chi connectivity index (χ0v) is 14.0. The summed E-state index contributed by atoms with van der Waals surface area (Å²) < 4.78 is 5.57. The number of nitrogens with two attached hydrogens (primary N) is 1. The lowest BCUT2D eigenvalue weighted by Crippen LogP contribution is -2.41. The average Bonchev–Trinajstić information content (AvgIpc) is 2.48. The maximum absolute atomic E-state index is 12.4. The molecule has 1 aromatic rings. The molecule has 1 aromatic carbocycles. The fourth-order valence-electron chi connectivity index (χ4n) is 2.10. The molecule has 4 nitrogen and oxygen atoms in total. The van der Waals surface area contributed by atoms with Crippen molar-refractivity contribution in [2.45, 2.75) is 40.0 Å². The van der Waals surface area contributed by atoms with E-state index in [2.05, 4.69) is 12.2 Å². The van der Waals surface area contributed by atoms with Crippen LogP contribution < -0.4 is 15.8 Å². The Morgan fingerprint density at radius 3 is 2.48 bits per heavy atom. The summed E-state index contributed by atoms with van der Waals surface area (Å²) in [6.45, 7) is 7.09. The third kappa shape index (κ3) is 5.21. The van der Waals surface area contributed by atoms with E-state index < -0.39 is 5.41 Å². The number of rotatable bonds is 8. The van der Waals surface area contributed by atoms with Crippen LogP contribution in [0.25, 0.3) is 0 Å². The number of nitrogens with one attached hydrogen (secondary N) is 1. The molecule has 0 bridgehead atoms. The number of amides is 1. The molecule has 0 aliphatic rings. The largest absolute Gasteiger partial charge is 0.494 e. The first kappa shape index (κ1) is 19.7. The van der Waals surface area contributed by atoms with Crippen LogP contribution in [0.1, 0.15) is 40.0 Å². The highest BCUT2D eigenvalue weighted by Crippen LogP contribution is 2.27. The van der Waals surface area contributed by atoms with Crippen molar-refractivity contribution in [1.82, 2.24) is 0 Å². The van der Waals surface area contributed by atoms with Crippen LogP contribution in [0.3, 0.4) is 0 Å². The van der Waals surface area contributed by atoms with Crippen LogP contribution in [0.5, 0.6) is 5.75 Å². The minimum atomic E-state index is -0.486. The van der Waals surface area contributed by atoms with Crippen molar-refractivity contribution in [2.75, 3.05) is 18.5 Å². The second-order valence-electron chi connectivity index (χ2n) is 5.02. The van der Waals surface area contributed by atoms with Gasteiger partial charge in [-0.15, -0.1) is 12.4 Å². The fraction of sp³-hybridized carbons (Fsp3) is 0.562. The number of halogens is 1. The first-order chi connectivity index (χ1) is 9.61. The molecule has 0 radical (unpaired) electrons. The van der Waals surface area contributed by atoms with Crippen molar-refractivity contribution < 1.29 is 9.53 Å². The number of carbonyl (C=O) groups is 1. The van der Waals surface area contributed by atoms with E-state index in [0.717, 1.165) is 30.7 Å². The van der Waals surface area contributed by atoms with Gasteiger partial charge in [0.05, 0.1) is 12.0 Å². The maximum atomic E-state index is 12.4. The molecule has 21 heavy (non-hydrogen) atoms.